The standard InChI is InChI=1S/C17H18ClF3N2OS/c1-22(9-12-3-5-13(6-4-12)17(19,20)21)11-16(24)23(2)10-14-7-8-15(18)25-14/h3-8H,9-11H2,1-2H3. The van der Waals surface area contributed by atoms with E-state index in [1.807, 2.05) is 6.07 Å². The topological polar surface area (TPSA) is 23.6 Å². The van der Waals surface area contributed by atoms with Gasteiger partial charge in [0.15, 0.2) is 0 Å². The van der Waals surface area contributed by atoms with Gasteiger partial charge in [0, 0.05) is 18.5 Å². The van der Waals surface area contributed by atoms with E-state index >= 15 is 0 Å². The molecule has 1 aromatic carbocycles. The second-order valence-corrected chi connectivity index (χ2v) is 7.62. The average Bonchev–Trinajstić information content (AvgIpc) is 2.91. The van der Waals surface area contributed by atoms with E-state index in [1.54, 1.807) is 30.0 Å². The second-order valence-electron chi connectivity index (χ2n) is 5.82. The predicted octanol–water partition coefficient (Wildman–Crippen LogP) is 4.51. The van der Waals surface area contributed by atoms with Crippen LogP contribution in [0.4, 0.5) is 13.2 Å². The number of amides is 1. The Balaban J connectivity index is 1.86. The summed E-state index contributed by atoms with van der Waals surface area (Å²) in [6, 6.07) is 8.64. The summed E-state index contributed by atoms with van der Waals surface area (Å²) >= 11 is 7.30. The van der Waals surface area contributed by atoms with Crippen molar-refractivity contribution in [2.24, 2.45) is 0 Å². The molecule has 0 atom stereocenters. The molecule has 0 bridgehead atoms. The summed E-state index contributed by atoms with van der Waals surface area (Å²) in [4.78, 5) is 16.6. The van der Waals surface area contributed by atoms with E-state index in [1.165, 1.54) is 23.5 Å². The third-order valence-electron chi connectivity index (χ3n) is 3.59. The SMILES string of the molecule is CN(CC(=O)N(C)Cc1ccc(Cl)s1)Cc1ccc(C(F)(F)F)cc1. The van der Waals surface area contributed by atoms with Crippen molar-refractivity contribution in [3.05, 3.63) is 56.7 Å². The van der Waals surface area contributed by atoms with E-state index in [2.05, 4.69) is 0 Å². The zero-order valence-corrected chi connectivity index (χ0v) is 15.4. The van der Waals surface area contributed by atoms with Crippen molar-refractivity contribution in [1.29, 1.82) is 0 Å². The lowest BCUT2D eigenvalue weighted by molar-refractivity contribution is -0.137. The molecule has 8 heteroatoms. The van der Waals surface area contributed by atoms with Crippen LogP contribution in [0, 0.1) is 0 Å². The van der Waals surface area contributed by atoms with E-state index in [9.17, 15) is 18.0 Å². The summed E-state index contributed by atoms with van der Waals surface area (Å²) in [5.41, 5.74) is 0.0420. The van der Waals surface area contributed by atoms with Gasteiger partial charge in [0.2, 0.25) is 5.91 Å². The van der Waals surface area contributed by atoms with Gasteiger partial charge < -0.3 is 4.90 Å². The Hall–Kier alpha value is -1.57. The molecule has 0 fully saturated rings. The first-order valence-corrected chi connectivity index (χ1v) is 8.67. The van der Waals surface area contributed by atoms with Crippen LogP contribution in [0.1, 0.15) is 16.0 Å². The number of hydrogen-bond acceptors (Lipinski definition) is 3. The first kappa shape index (κ1) is 19.8. The Labute approximate surface area is 153 Å². The highest BCUT2D eigenvalue weighted by Crippen LogP contribution is 2.29. The zero-order chi connectivity index (χ0) is 18.6. The number of carbonyl (C=O) groups is 1. The fourth-order valence-corrected chi connectivity index (χ4v) is 3.42. The van der Waals surface area contributed by atoms with Gasteiger partial charge in [-0.2, -0.15) is 13.2 Å². The molecule has 0 aliphatic carbocycles. The highest BCUT2D eigenvalue weighted by molar-refractivity contribution is 7.16. The smallest absolute Gasteiger partial charge is 0.340 e. The summed E-state index contributed by atoms with van der Waals surface area (Å²) in [6.07, 6.45) is -4.34. The van der Waals surface area contributed by atoms with Gasteiger partial charge in [0.05, 0.1) is 23.0 Å². The van der Waals surface area contributed by atoms with Gasteiger partial charge in [-0.05, 0) is 36.9 Å². The molecule has 25 heavy (non-hydrogen) atoms. The minimum absolute atomic E-state index is 0.0704. The maximum absolute atomic E-state index is 12.6. The van der Waals surface area contributed by atoms with Gasteiger partial charge in [0.1, 0.15) is 0 Å². The molecule has 0 saturated heterocycles. The number of alkyl halides is 3. The maximum Gasteiger partial charge on any atom is 0.416 e. The second kappa shape index (κ2) is 8.21. The molecular weight excluding hydrogens is 373 g/mol. The van der Waals surface area contributed by atoms with Gasteiger partial charge in [-0.3, -0.25) is 9.69 Å². The Bertz CT molecular complexity index is 715. The van der Waals surface area contributed by atoms with Gasteiger partial charge in [-0.15, -0.1) is 11.3 Å². The first-order chi connectivity index (χ1) is 11.6. The number of nitrogens with zero attached hydrogens (tertiary/aromatic N) is 2. The fraction of sp³-hybridized carbons (Fsp3) is 0.353. The minimum atomic E-state index is -4.34. The van der Waals surface area contributed by atoms with Crippen molar-refractivity contribution in [1.82, 2.24) is 9.80 Å². The van der Waals surface area contributed by atoms with E-state index in [-0.39, 0.29) is 12.5 Å². The van der Waals surface area contributed by atoms with Crippen LogP contribution in [0.2, 0.25) is 4.34 Å². The van der Waals surface area contributed by atoms with E-state index < -0.39 is 11.7 Å². The van der Waals surface area contributed by atoms with Crippen molar-refractivity contribution >= 4 is 28.8 Å². The minimum Gasteiger partial charge on any atom is -0.340 e. The van der Waals surface area contributed by atoms with E-state index in [0.29, 0.717) is 17.4 Å². The number of hydrogen-bond donors (Lipinski definition) is 0. The lowest BCUT2D eigenvalue weighted by Gasteiger charge is -2.21. The Kier molecular flexibility index (Phi) is 6.48. The Morgan fingerprint density at radius 2 is 1.72 bits per heavy atom. The molecule has 0 N–H and O–H groups in total. The van der Waals surface area contributed by atoms with Crippen LogP contribution < -0.4 is 0 Å². The molecule has 1 aromatic heterocycles. The van der Waals surface area contributed by atoms with Crippen molar-refractivity contribution in [2.45, 2.75) is 19.3 Å². The lowest BCUT2D eigenvalue weighted by Crippen LogP contribution is -2.35. The molecule has 136 valence electrons. The number of thiophene rings is 1. The first-order valence-electron chi connectivity index (χ1n) is 7.48. The summed E-state index contributed by atoms with van der Waals surface area (Å²) < 4.78 is 38.3. The molecule has 0 radical (unpaired) electrons. The molecule has 0 saturated carbocycles. The number of halogens is 4. The summed E-state index contributed by atoms with van der Waals surface area (Å²) in [6.45, 7) is 1.05. The fourth-order valence-electron chi connectivity index (χ4n) is 2.28. The Morgan fingerprint density at radius 3 is 2.24 bits per heavy atom. The summed E-state index contributed by atoms with van der Waals surface area (Å²) in [5, 5.41) is 0. The van der Waals surface area contributed by atoms with Gasteiger partial charge in [-0.25, -0.2) is 0 Å². The molecule has 0 spiro atoms. The molecule has 0 aliphatic rings. The number of rotatable bonds is 6. The maximum atomic E-state index is 12.6. The largest absolute Gasteiger partial charge is 0.416 e. The van der Waals surface area contributed by atoms with Crippen LogP contribution in [-0.2, 0) is 24.1 Å². The van der Waals surface area contributed by atoms with Crippen molar-refractivity contribution in [2.75, 3.05) is 20.6 Å². The van der Waals surface area contributed by atoms with Crippen molar-refractivity contribution in [3.8, 4) is 0 Å². The van der Waals surface area contributed by atoms with Gasteiger partial charge in [0.25, 0.3) is 0 Å². The van der Waals surface area contributed by atoms with Crippen LogP contribution in [0.15, 0.2) is 36.4 Å². The lowest BCUT2D eigenvalue weighted by atomic mass is 10.1. The van der Waals surface area contributed by atoms with Gasteiger partial charge >= 0.3 is 6.18 Å². The number of benzene rings is 1. The van der Waals surface area contributed by atoms with Crippen molar-refractivity contribution < 1.29 is 18.0 Å². The molecule has 2 rings (SSSR count). The van der Waals surface area contributed by atoms with Crippen LogP contribution in [0.25, 0.3) is 0 Å². The van der Waals surface area contributed by atoms with E-state index in [0.717, 1.165) is 22.6 Å². The highest BCUT2D eigenvalue weighted by Gasteiger charge is 2.29. The van der Waals surface area contributed by atoms with Crippen LogP contribution >= 0.6 is 22.9 Å². The predicted molar refractivity (Wildman–Crippen MR) is 93.6 cm³/mol. The third kappa shape index (κ3) is 6.02. The Morgan fingerprint density at radius 1 is 1.08 bits per heavy atom. The highest BCUT2D eigenvalue weighted by atomic mass is 35.5. The number of likely N-dealkylation sites (N-methyl/N-ethyl adjacent to an activating group) is 2. The quantitative estimate of drug-likeness (QED) is 0.724. The molecule has 1 heterocycles. The normalized spacial score (nSPS) is 11.8. The van der Waals surface area contributed by atoms with Crippen molar-refractivity contribution in [3.63, 3.8) is 0 Å². The molecule has 0 unspecified atom stereocenters. The monoisotopic (exact) mass is 390 g/mol. The van der Waals surface area contributed by atoms with Crippen LogP contribution in [0.3, 0.4) is 0 Å². The van der Waals surface area contributed by atoms with Crippen LogP contribution in [0.5, 0.6) is 0 Å². The van der Waals surface area contributed by atoms with Crippen LogP contribution in [-0.4, -0.2) is 36.3 Å². The zero-order valence-electron chi connectivity index (χ0n) is 13.8. The molecule has 3 nitrogen and oxygen atoms in total. The molecule has 0 aliphatic heterocycles. The molecule has 2 aromatic rings. The summed E-state index contributed by atoms with van der Waals surface area (Å²) in [7, 11) is 3.47. The van der Waals surface area contributed by atoms with Gasteiger partial charge in [-0.1, -0.05) is 23.7 Å². The molecular formula is C17H18ClF3N2OS. The average molecular weight is 391 g/mol. The number of carbonyl (C=O) groups excluding carboxylic acids is 1. The van der Waals surface area contributed by atoms with E-state index in [4.69, 9.17) is 11.6 Å². The molecule has 1 amide bonds. The third-order valence-corrected chi connectivity index (χ3v) is 4.80. The summed E-state index contributed by atoms with van der Waals surface area (Å²) in [5.74, 6) is -0.0704.